The molecule has 10 rings (SSSR count). The van der Waals surface area contributed by atoms with E-state index in [1.807, 2.05) is 0 Å². The molecule has 0 spiro atoms. The van der Waals surface area contributed by atoms with Gasteiger partial charge in [-0.1, -0.05) is 163 Å². The van der Waals surface area contributed by atoms with Crippen LogP contribution in [0.25, 0.3) is 21.9 Å². The van der Waals surface area contributed by atoms with Crippen molar-refractivity contribution in [3.05, 3.63) is 252 Å². The van der Waals surface area contributed by atoms with Crippen molar-refractivity contribution in [3.8, 4) is 11.1 Å². The normalized spacial score (nSPS) is 12.5. The second-order valence-corrected chi connectivity index (χ2v) is 15.1. The van der Waals surface area contributed by atoms with Crippen LogP contribution in [0.3, 0.4) is 0 Å². The van der Waals surface area contributed by atoms with Gasteiger partial charge in [-0.2, -0.15) is 0 Å². The number of hydrogen-bond donors (Lipinski definition) is 0. The van der Waals surface area contributed by atoms with Crippen LogP contribution in [0, 0.1) is 13.8 Å². The summed E-state index contributed by atoms with van der Waals surface area (Å²) in [6.07, 6.45) is 0. The number of benzene rings is 9. The molecule has 9 aromatic carbocycles. The molecule has 272 valence electrons. The maximum Gasteiger partial charge on any atom is 0.0715 e. The molecule has 0 saturated heterocycles. The van der Waals surface area contributed by atoms with E-state index in [1.165, 1.54) is 55.3 Å². The van der Waals surface area contributed by atoms with Gasteiger partial charge in [-0.05, 0) is 119 Å². The summed E-state index contributed by atoms with van der Waals surface area (Å²) in [6.45, 7) is 4.31. The van der Waals surface area contributed by atoms with E-state index in [1.54, 1.807) is 0 Å². The number of anilines is 6. The second-order valence-electron chi connectivity index (χ2n) is 15.1. The number of para-hydroxylation sites is 2. The summed E-state index contributed by atoms with van der Waals surface area (Å²) in [5.41, 5.74) is 16.1. The van der Waals surface area contributed by atoms with Gasteiger partial charge in [-0.15, -0.1) is 0 Å². The summed E-state index contributed by atoms with van der Waals surface area (Å²) in [7, 11) is 0. The Morgan fingerprint density at radius 3 is 1.26 bits per heavy atom. The minimum absolute atomic E-state index is 0.632. The van der Waals surface area contributed by atoms with E-state index in [4.69, 9.17) is 0 Å². The Hall–Kier alpha value is -7.16. The molecule has 57 heavy (non-hydrogen) atoms. The molecule has 2 heteroatoms. The van der Waals surface area contributed by atoms with E-state index in [0.717, 1.165) is 34.1 Å². The molecular formula is C55H42N2. The zero-order chi connectivity index (χ0) is 38.3. The van der Waals surface area contributed by atoms with Crippen molar-refractivity contribution in [2.24, 2.45) is 0 Å². The van der Waals surface area contributed by atoms with Gasteiger partial charge in [0.15, 0.2) is 0 Å². The summed E-state index contributed by atoms with van der Waals surface area (Å²) in [5, 5.41) is 2.44. The van der Waals surface area contributed by atoms with Crippen molar-refractivity contribution in [2.75, 3.05) is 9.80 Å². The second kappa shape index (κ2) is 14.2. The molecule has 1 aliphatic carbocycles. The monoisotopic (exact) mass is 730 g/mol. The van der Waals surface area contributed by atoms with Crippen LogP contribution in [-0.2, 0) is 5.41 Å². The minimum atomic E-state index is -0.632. The van der Waals surface area contributed by atoms with Crippen molar-refractivity contribution >= 4 is 44.9 Å². The Bertz CT molecular complexity index is 2710. The van der Waals surface area contributed by atoms with Crippen molar-refractivity contribution in [1.82, 2.24) is 0 Å². The molecule has 0 amide bonds. The van der Waals surface area contributed by atoms with Crippen LogP contribution >= 0.6 is 0 Å². The lowest BCUT2D eigenvalue weighted by atomic mass is 9.67. The van der Waals surface area contributed by atoms with E-state index in [0.29, 0.717) is 0 Å². The van der Waals surface area contributed by atoms with Gasteiger partial charge in [0, 0.05) is 33.8 Å². The first-order valence-corrected chi connectivity index (χ1v) is 19.8. The number of hydrogen-bond acceptors (Lipinski definition) is 2. The molecule has 0 N–H and O–H groups in total. The van der Waals surface area contributed by atoms with Crippen molar-refractivity contribution in [3.63, 3.8) is 0 Å². The van der Waals surface area contributed by atoms with E-state index < -0.39 is 5.41 Å². The van der Waals surface area contributed by atoms with Crippen LogP contribution in [0.4, 0.5) is 34.1 Å². The van der Waals surface area contributed by atoms with Gasteiger partial charge in [0.25, 0.3) is 0 Å². The van der Waals surface area contributed by atoms with E-state index >= 15 is 0 Å². The van der Waals surface area contributed by atoms with Gasteiger partial charge in [-0.3, -0.25) is 0 Å². The third-order valence-corrected chi connectivity index (χ3v) is 11.6. The molecule has 0 atom stereocenters. The minimum Gasteiger partial charge on any atom is -0.310 e. The third-order valence-electron chi connectivity index (χ3n) is 11.6. The van der Waals surface area contributed by atoms with Crippen LogP contribution < -0.4 is 9.80 Å². The highest BCUT2D eigenvalue weighted by Crippen LogP contribution is 2.60. The lowest BCUT2D eigenvalue weighted by Gasteiger charge is -2.36. The number of fused-ring (bicyclic) bond motifs is 5. The SMILES string of the molecule is Cc1ccc(N(c2ccc(C)cc2)c2cc3c(c4ccccc24)-c2ccc(N(c4ccccc4)c4ccccc4)cc2C3(c2ccccc2)c2ccccc2)cc1. The lowest BCUT2D eigenvalue weighted by molar-refractivity contribution is 0.769. The Labute approximate surface area is 335 Å². The summed E-state index contributed by atoms with van der Waals surface area (Å²) in [6, 6.07) is 80.2. The molecule has 0 aliphatic heterocycles. The van der Waals surface area contributed by atoms with E-state index in [-0.39, 0.29) is 0 Å². The van der Waals surface area contributed by atoms with Crippen molar-refractivity contribution in [2.45, 2.75) is 19.3 Å². The Balaban J connectivity index is 1.33. The van der Waals surface area contributed by atoms with Gasteiger partial charge in [-0.25, -0.2) is 0 Å². The molecule has 1 aliphatic rings. The third kappa shape index (κ3) is 5.72. The Morgan fingerprint density at radius 1 is 0.333 bits per heavy atom. The first kappa shape index (κ1) is 34.3. The smallest absolute Gasteiger partial charge is 0.0715 e. The van der Waals surface area contributed by atoms with Crippen LogP contribution in [0.5, 0.6) is 0 Å². The summed E-state index contributed by atoms with van der Waals surface area (Å²) >= 11 is 0. The van der Waals surface area contributed by atoms with Gasteiger partial charge in [0.05, 0.1) is 11.1 Å². The van der Waals surface area contributed by atoms with Gasteiger partial charge in [0.1, 0.15) is 0 Å². The lowest BCUT2D eigenvalue weighted by Crippen LogP contribution is -2.29. The molecule has 0 fully saturated rings. The Kier molecular flexibility index (Phi) is 8.53. The quantitative estimate of drug-likeness (QED) is 0.154. The van der Waals surface area contributed by atoms with Crippen molar-refractivity contribution < 1.29 is 0 Å². The summed E-state index contributed by atoms with van der Waals surface area (Å²) < 4.78 is 0. The molecular weight excluding hydrogens is 689 g/mol. The van der Waals surface area contributed by atoms with Gasteiger partial charge >= 0.3 is 0 Å². The maximum absolute atomic E-state index is 2.50. The van der Waals surface area contributed by atoms with Crippen LogP contribution in [0.2, 0.25) is 0 Å². The first-order chi connectivity index (χ1) is 28.1. The highest BCUT2D eigenvalue weighted by Gasteiger charge is 2.47. The largest absolute Gasteiger partial charge is 0.310 e. The van der Waals surface area contributed by atoms with Crippen LogP contribution in [0.1, 0.15) is 33.4 Å². The Morgan fingerprint density at radius 2 is 0.754 bits per heavy atom. The molecule has 0 heterocycles. The van der Waals surface area contributed by atoms with Crippen LogP contribution in [0.15, 0.2) is 218 Å². The molecule has 0 unspecified atom stereocenters. The van der Waals surface area contributed by atoms with Gasteiger partial charge in [0.2, 0.25) is 0 Å². The summed E-state index contributed by atoms with van der Waals surface area (Å²) in [4.78, 5) is 4.83. The van der Waals surface area contributed by atoms with Crippen molar-refractivity contribution in [1.29, 1.82) is 0 Å². The molecule has 0 aromatic heterocycles. The molecule has 0 saturated carbocycles. The van der Waals surface area contributed by atoms with E-state index in [2.05, 4.69) is 242 Å². The predicted octanol–water partition coefficient (Wildman–Crippen LogP) is 14.8. The number of nitrogens with zero attached hydrogens (tertiary/aromatic N) is 2. The molecule has 9 aromatic rings. The fraction of sp³-hybridized carbons (Fsp3) is 0.0545. The molecule has 0 bridgehead atoms. The fourth-order valence-electron chi connectivity index (χ4n) is 9.05. The highest BCUT2D eigenvalue weighted by molar-refractivity contribution is 6.11. The molecule has 0 radical (unpaired) electrons. The number of aryl methyl sites for hydroxylation is 2. The summed E-state index contributed by atoms with van der Waals surface area (Å²) in [5.74, 6) is 0. The highest BCUT2D eigenvalue weighted by atomic mass is 15.1. The van der Waals surface area contributed by atoms with Crippen LogP contribution in [-0.4, -0.2) is 0 Å². The zero-order valence-electron chi connectivity index (χ0n) is 32.2. The van der Waals surface area contributed by atoms with Gasteiger partial charge < -0.3 is 9.80 Å². The maximum atomic E-state index is 2.50. The average Bonchev–Trinajstić information content (AvgIpc) is 3.57. The topological polar surface area (TPSA) is 6.48 Å². The first-order valence-electron chi connectivity index (χ1n) is 19.8. The standard InChI is InChI=1S/C55H42N2/c1-39-27-31-45(32-28-39)57(46-33-29-40(2)30-34-46)53-38-52-54(49-26-16-15-25-48(49)53)50-36-35-47(56(43-21-11-5-12-22-43)44-23-13-6-14-24-44)37-51(50)55(52,41-17-7-3-8-18-41)42-19-9-4-10-20-42/h3-38H,1-2H3. The zero-order valence-corrected chi connectivity index (χ0v) is 32.2. The number of rotatable bonds is 8. The average molecular weight is 731 g/mol. The fourth-order valence-corrected chi connectivity index (χ4v) is 9.05. The van der Waals surface area contributed by atoms with E-state index in [9.17, 15) is 0 Å². The predicted molar refractivity (Wildman–Crippen MR) is 240 cm³/mol. The molecule has 2 nitrogen and oxygen atoms in total.